The van der Waals surface area contributed by atoms with Crippen molar-refractivity contribution in [1.82, 2.24) is 20.3 Å². The monoisotopic (exact) mass is 278 g/mol. The highest BCUT2D eigenvalue weighted by atomic mass is 15.4. The van der Waals surface area contributed by atoms with Crippen LogP contribution in [-0.4, -0.2) is 21.5 Å². The van der Waals surface area contributed by atoms with Gasteiger partial charge in [-0.1, -0.05) is 59.8 Å². The van der Waals surface area contributed by atoms with Crippen molar-refractivity contribution in [1.29, 1.82) is 0 Å². The standard InChI is InChI=1S/C17H18N4/c1-2-4-16(5-3-1)17-8-6-15(7-9-17)14-18-10-12-21-13-11-19-20-21/h1-9,11,13,18H,10,12,14H2. The summed E-state index contributed by atoms with van der Waals surface area (Å²) in [4.78, 5) is 0. The lowest BCUT2D eigenvalue weighted by Crippen LogP contribution is -2.19. The Labute approximate surface area is 124 Å². The van der Waals surface area contributed by atoms with Gasteiger partial charge in [-0.15, -0.1) is 5.10 Å². The van der Waals surface area contributed by atoms with Gasteiger partial charge in [0.15, 0.2) is 0 Å². The highest BCUT2D eigenvalue weighted by Crippen LogP contribution is 2.19. The summed E-state index contributed by atoms with van der Waals surface area (Å²) in [5.41, 5.74) is 3.79. The van der Waals surface area contributed by atoms with Crippen LogP contribution in [0.15, 0.2) is 67.0 Å². The molecule has 0 saturated heterocycles. The quantitative estimate of drug-likeness (QED) is 0.705. The van der Waals surface area contributed by atoms with Crippen molar-refractivity contribution in [3.05, 3.63) is 72.6 Å². The molecule has 0 aliphatic carbocycles. The molecular weight excluding hydrogens is 260 g/mol. The number of nitrogens with one attached hydrogen (secondary N) is 1. The molecule has 0 bridgehead atoms. The van der Waals surface area contributed by atoms with Crippen molar-refractivity contribution in [2.75, 3.05) is 6.54 Å². The zero-order chi connectivity index (χ0) is 14.3. The lowest BCUT2D eigenvalue weighted by atomic mass is 10.0. The van der Waals surface area contributed by atoms with Crippen LogP contribution in [0.3, 0.4) is 0 Å². The molecule has 4 nitrogen and oxygen atoms in total. The van der Waals surface area contributed by atoms with E-state index in [0.29, 0.717) is 0 Å². The third-order valence-corrected chi connectivity index (χ3v) is 3.38. The van der Waals surface area contributed by atoms with Crippen molar-refractivity contribution in [3.8, 4) is 11.1 Å². The maximum atomic E-state index is 3.93. The van der Waals surface area contributed by atoms with Gasteiger partial charge in [-0.2, -0.15) is 0 Å². The second kappa shape index (κ2) is 6.81. The summed E-state index contributed by atoms with van der Waals surface area (Å²) in [6, 6.07) is 19.1. The Balaban J connectivity index is 1.50. The predicted molar refractivity (Wildman–Crippen MR) is 83.6 cm³/mol. The van der Waals surface area contributed by atoms with E-state index in [9.17, 15) is 0 Å². The van der Waals surface area contributed by atoms with Gasteiger partial charge in [0.1, 0.15) is 0 Å². The van der Waals surface area contributed by atoms with Crippen molar-refractivity contribution in [2.45, 2.75) is 13.1 Å². The number of hydrogen-bond donors (Lipinski definition) is 1. The Morgan fingerprint density at radius 2 is 1.67 bits per heavy atom. The fourth-order valence-electron chi connectivity index (χ4n) is 2.22. The van der Waals surface area contributed by atoms with Crippen LogP contribution in [-0.2, 0) is 13.1 Å². The molecule has 0 unspecified atom stereocenters. The number of hydrogen-bond acceptors (Lipinski definition) is 3. The molecule has 106 valence electrons. The summed E-state index contributed by atoms with van der Waals surface area (Å²) in [6.07, 6.45) is 3.57. The smallest absolute Gasteiger partial charge is 0.0692 e. The molecule has 4 heteroatoms. The first-order valence-electron chi connectivity index (χ1n) is 7.11. The van der Waals surface area contributed by atoms with E-state index in [1.54, 1.807) is 6.20 Å². The van der Waals surface area contributed by atoms with Gasteiger partial charge in [0, 0.05) is 19.3 Å². The predicted octanol–water partition coefficient (Wildman–Crippen LogP) is 2.73. The van der Waals surface area contributed by atoms with E-state index in [1.807, 2.05) is 16.9 Å². The van der Waals surface area contributed by atoms with Gasteiger partial charge in [0.2, 0.25) is 0 Å². The zero-order valence-corrected chi connectivity index (χ0v) is 11.8. The van der Waals surface area contributed by atoms with Crippen LogP contribution < -0.4 is 5.32 Å². The molecule has 0 spiro atoms. The Kier molecular flexibility index (Phi) is 4.39. The molecule has 0 saturated carbocycles. The van der Waals surface area contributed by atoms with Crippen LogP contribution in [0.5, 0.6) is 0 Å². The highest BCUT2D eigenvalue weighted by molar-refractivity contribution is 5.63. The van der Waals surface area contributed by atoms with Crippen molar-refractivity contribution in [2.24, 2.45) is 0 Å². The molecule has 1 aromatic heterocycles. The fraction of sp³-hybridized carbons (Fsp3) is 0.176. The molecule has 0 aliphatic heterocycles. The topological polar surface area (TPSA) is 42.7 Å². The molecule has 0 aliphatic rings. The second-order valence-electron chi connectivity index (χ2n) is 4.91. The zero-order valence-electron chi connectivity index (χ0n) is 11.8. The molecule has 0 radical (unpaired) electrons. The first kappa shape index (κ1) is 13.5. The minimum Gasteiger partial charge on any atom is -0.311 e. The van der Waals surface area contributed by atoms with Gasteiger partial charge in [0.25, 0.3) is 0 Å². The molecule has 0 amide bonds. The fourth-order valence-corrected chi connectivity index (χ4v) is 2.22. The summed E-state index contributed by atoms with van der Waals surface area (Å²) in [5, 5.41) is 11.1. The number of rotatable bonds is 6. The first-order chi connectivity index (χ1) is 10.4. The summed E-state index contributed by atoms with van der Waals surface area (Å²) in [7, 11) is 0. The maximum Gasteiger partial charge on any atom is 0.0692 e. The lowest BCUT2D eigenvalue weighted by Gasteiger charge is -2.06. The molecule has 0 fully saturated rings. The SMILES string of the molecule is c1ccc(-c2ccc(CNCCn3ccnn3)cc2)cc1. The van der Waals surface area contributed by atoms with E-state index in [4.69, 9.17) is 0 Å². The van der Waals surface area contributed by atoms with E-state index in [0.717, 1.165) is 19.6 Å². The van der Waals surface area contributed by atoms with Crippen LogP contribution >= 0.6 is 0 Å². The van der Waals surface area contributed by atoms with Crippen molar-refractivity contribution in [3.63, 3.8) is 0 Å². The minimum absolute atomic E-state index is 0.835. The molecule has 1 N–H and O–H groups in total. The molecule has 21 heavy (non-hydrogen) atoms. The normalized spacial score (nSPS) is 10.7. The minimum atomic E-state index is 0.835. The lowest BCUT2D eigenvalue weighted by molar-refractivity contribution is 0.540. The van der Waals surface area contributed by atoms with E-state index >= 15 is 0 Å². The third kappa shape index (κ3) is 3.77. The average molecular weight is 278 g/mol. The van der Waals surface area contributed by atoms with Crippen LogP contribution in [0, 0.1) is 0 Å². The largest absolute Gasteiger partial charge is 0.311 e. The molecule has 3 aromatic rings. The summed E-state index contributed by atoms with van der Waals surface area (Å²) < 4.78 is 1.82. The first-order valence-corrected chi connectivity index (χ1v) is 7.11. The third-order valence-electron chi connectivity index (χ3n) is 3.38. The molecule has 1 heterocycles. The van der Waals surface area contributed by atoms with Crippen molar-refractivity contribution >= 4 is 0 Å². The van der Waals surface area contributed by atoms with E-state index in [-0.39, 0.29) is 0 Å². The van der Waals surface area contributed by atoms with E-state index < -0.39 is 0 Å². The molecule has 0 atom stereocenters. The van der Waals surface area contributed by atoms with Crippen LogP contribution in [0.4, 0.5) is 0 Å². The maximum absolute atomic E-state index is 3.93. The second-order valence-corrected chi connectivity index (χ2v) is 4.91. The Morgan fingerprint density at radius 1 is 0.905 bits per heavy atom. The molecule has 2 aromatic carbocycles. The van der Waals surface area contributed by atoms with Gasteiger partial charge < -0.3 is 5.32 Å². The van der Waals surface area contributed by atoms with E-state index in [2.05, 4.69) is 64.2 Å². The molecule has 3 rings (SSSR count). The van der Waals surface area contributed by atoms with Gasteiger partial charge >= 0.3 is 0 Å². The Hall–Kier alpha value is -2.46. The van der Waals surface area contributed by atoms with Crippen LogP contribution in [0.25, 0.3) is 11.1 Å². The number of aromatic nitrogens is 3. The number of benzene rings is 2. The Morgan fingerprint density at radius 3 is 2.38 bits per heavy atom. The summed E-state index contributed by atoms with van der Waals surface area (Å²) in [6.45, 7) is 2.58. The number of nitrogens with zero attached hydrogens (tertiary/aromatic N) is 3. The molecular formula is C17H18N4. The van der Waals surface area contributed by atoms with Crippen molar-refractivity contribution < 1.29 is 0 Å². The van der Waals surface area contributed by atoms with Gasteiger partial charge in [-0.05, 0) is 16.7 Å². The average Bonchev–Trinajstić information content (AvgIpc) is 3.06. The van der Waals surface area contributed by atoms with Crippen LogP contribution in [0.1, 0.15) is 5.56 Å². The van der Waals surface area contributed by atoms with Gasteiger partial charge in [-0.25, -0.2) is 0 Å². The van der Waals surface area contributed by atoms with E-state index in [1.165, 1.54) is 16.7 Å². The Bertz CT molecular complexity index is 645. The van der Waals surface area contributed by atoms with Crippen LogP contribution in [0.2, 0.25) is 0 Å². The highest BCUT2D eigenvalue weighted by Gasteiger charge is 1.98. The van der Waals surface area contributed by atoms with Gasteiger partial charge in [0.05, 0.1) is 12.7 Å². The van der Waals surface area contributed by atoms with Gasteiger partial charge in [-0.3, -0.25) is 4.68 Å². The summed E-state index contributed by atoms with van der Waals surface area (Å²) >= 11 is 0. The summed E-state index contributed by atoms with van der Waals surface area (Å²) in [5.74, 6) is 0.